The number of aromatic amines is 1. The zero-order valence-corrected chi connectivity index (χ0v) is 12.6. The lowest BCUT2D eigenvalue weighted by molar-refractivity contribution is 0.587. The summed E-state index contributed by atoms with van der Waals surface area (Å²) in [7, 11) is 0. The number of H-pyrrole nitrogens is 1. The fourth-order valence-corrected chi connectivity index (χ4v) is 2.50. The number of aryl methyl sites for hydroxylation is 1. The number of imidazole rings is 1. The summed E-state index contributed by atoms with van der Waals surface area (Å²) in [5, 5.41) is 0. The van der Waals surface area contributed by atoms with E-state index in [-0.39, 0.29) is 0 Å². The fraction of sp³-hybridized carbons (Fsp3) is 0.500. The molecule has 0 amide bonds. The van der Waals surface area contributed by atoms with Gasteiger partial charge in [-0.2, -0.15) is 0 Å². The fourth-order valence-electron chi connectivity index (χ4n) is 2.50. The molecule has 0 aliphatic heterocycles. The van der Waals surface area contributed by atoms with Gasteiger partial charge in [-0.15, -0.1) is 0 Å². The van der Waals surface area contributed by atoms with E-state index in [2.05, 4.69) is 29.0 Å². The van der Waals surface area contributed by atoms with Crippen molar-refractivity contribution in [2.45, 2.75) is 58.3 Å². The molecule has 2 aromatic rings. The molecular formula is C18H26N2. The Morgan fingerprint density at radius 1 is 0.900 bits per heavy atom. The Kier molecular flexibility index (Phi) is 6.36. The average Bonchev–Trinajstić information content (AvgIpc) is 2.96. The Morgan fingerprint density at radius 2 is 1.60 bits per heavy atom. The third-order valence-corrected chi connectivity index (χ3v) is 3.73. The first-order valence-electron chi connectivity index (χ1n) is 7.99. The number of rotatable bonds is 9. The Labute approximate surface area is 122 Å². The maximum Gasteiger partial charge on any atom is 0.137 e. The van der Waals surface area contributed by atoms with Crippen LogP contribution in [-0.2, 0) is 6.42 Å². The van der Waals surface area contributed by atoms with Gasteiger partial charge in [-0.1, -0.05) is 75.8 Å². The lowest BCUT2D eigenvalue weighted by atomic mass is 10.1. The molecule has 1 aromatic carbocycles. The normalized spacial score (nSPS) is 10.8. The molecule has 0 bridgehead atoms. The number of benzene rings is 1. The predicted molar refractivity (Wildman–Crippen MR) is 85.7 cm³/mol. The molecule has 0 fully saturated rings. The topological polar surface area (TPSA) is 28.7 Å². The van der Waals surface area contributed by atoms with Gasteiger partial charge in [-0.25, -0.2) is 4.98 Å². The van der Waals surface area contributed by atoms with Crippen molar-refractivity contribution in [1.29, 1.82) is 0 Å². The molecule has 0 saturated carbocycles. The van der Waals surface area contributed by atoms with E-state index in [0.717, 1.165) is 12.2 Å². The van der Waals surface area contributed by atoms with Crippen molar-refractivity contribution in [2.24, 2.45) is 0 Å². The van der Waals surface area contributed by atoms with Gasteiger partial charge in [0.1, 0.15) is 5.82 Å². The highest BCUT2D eigenvalue weighted by Gasteiger charge is 2.02. The molecule has 0 atom stereocenters. The van der Waals surface area contributed by atoms with Crippen LogP contribution in [0.1, 0.15) is 57.6 Å². The van der Waals surface area contributed by atoms with Crippen molar-refractivity contribution in [3.8, 4) is 11.4 Å². The summed E-state index contributed by atoms with van der Waals surface area (Å²) in [6.45, 7) is 2.27. The molecule has 0 aliphatic carbocycles. The SMILES string of the molecule is CCCCCCCCCc1cnc(-c2ccccc2)[nH]1. The van der Waals surface area contributed by atoms with E-state index in [1.807, 2.05) is 24.4 Å². The second-order valence-electron chi connectivity index (χ2n) is 5.49. The van der Waals surface area contributed by atoms with E-state index < -0.39 is 0 Å². The average molecular weight is 270 g/mol. The van der Waals surface area contributed by atoms with Gasteiger partial charge in [0.15, 0.2) is 0 Å². The van der Waals surface area contributed by atoms with E-state index in [1.54, 1.807) is 0 Å². The Bertz CT molecular complexity index is 473. The smallest absolute Gasteiger partial charge is 0.137 e. The molecule has 0 radical (unpaired) electrons. The molecule has 0 saturated heterocycles. The Hall–Kier alpha value is -1.57. The molecule has 2 nitrogen and oxygen atoms in total. The lowest BCUT2D eigenvalue weighted by Crippen LogP contribution is -1.87. The standard InChI is InChI=1S/C18H26N2/c1-2-3-4-5-6-7-11-14-17-15-19-18(20-17)16-12-9-8-10-13-16/h8-10,12-13,15H,2-7,11,14H2,1H3,(H,19,20). The zero-order chi connectivity index (χ0) is 14.0. The monoisotopic (exact) mass is 270 g/mol. The van der Waals surface area contributed by atoms with Gasteiger partial charge >= 0.3 is 0 Å². The van der Waals surface area contributed by atoms with Gasteiger partial charge in [-0.3, -0.25) is 0 Å². The van der Waals surface area contributed by atoms with Gasteiger partial charge in [0.25, 0.3) is 0 Å². The van der Waals surface area contributed by atoms with Crippen molar-refractivity contribution in [2.75, 3.05) is 0 Å². The summed E-state index contributed by atoms with van der Waals surface area (Å²) >= 11 is 0. The largest absolute Gasteiger partial charge is 0.342 e. The summed E-state index contributed by atoms with van der Waals surface area (Å²) in [5.41, 5.74) is 2.43. The second-order valence-corrected chi connectivity index (χ2v) is 5.49. The van der Waals surface area contributed by atoms with Crippen LogP contribution in [0.3, 0.4) is 0 Å². The van der Waals surface area contributed by atoms with E-state index >= 15 is 0 Å². The molecule has 1 heterocycles. The molecule has 1 N–H and O–H groups in total. The zero-order valence-electron chi connectivity index (χ0n) is 12.6. The van der Waals surface area contributed by atoms with Gasteiger partial charge in [-0.05, 0) is 12.8 Å². The van der Waals surface area contributed by atoms with Crippen molar-refractivity contribution in [3.05, 3.63) is 42.2 Å². The first-order chi connectivity index (χ1) is 9.90. The molecule has 108 valence electrons. The van der Waals surface area contributed by atoms with Crippen LogP contribution in [0.5, 0.6) is 0 Å². The van der Waals surface area contributed by atoms with Crippen LogP contribution in [-0.4, -0.2) is 9.97 Å². The number of nitrogens with one attached hydrogen (secondary N) is 1. The summed E-state index contributed by atoms with van der Waals surface area (Å²) < 4.78 is 0. The highest BCUT2D eigenvalue weighted by molar-refractivity contribution is 5.54. The maximum atomic E-state index is 4.47. The predicted octanol–water partition coefficient (Wildman–Crippen LogP) is 5.37. The quantitative estimate of drug-likeness (QED) is 0.610. The molecule has 0 unspecified atom stereocenters. The number of aromatic nitrogens is 2. The van der Waals surface area contributed by atoms with E-state index in [0.29, 0.717) is 0 Å². The van der Waals surface area contributed by atoms with E-state index in [9.17, 15) is 0 Å². The first-order valence-corrected chi connectivity index (χ1v) is 7.99. The van der Waals surface area contributed by atoms with Crippen LogP contribution >= 0.6 is 0 Å². The van der Waals surface area contributed by atoms with Crippen LogP contribution in [0.4, 0.5) is 0 Å². The maximum absolute atomic E-state index is 4.47. The Balaban J connectivity index is 1.69. The molecular weight excluding hydrogens is 244 g/mol. The molecule has 0 aliphatic rings. The number of hydrogen-bond acceptors (Lipinski definition) is 1. The first kappa shape index (κ1) is 14.8. The van der Waals surface area contributed by atoms with Crippen LogP contribution in [0.25, 0.3) is 11.4 Å². The van der Waals surface area contributed by atoms with Crippen LogP contribution < -0.4 is 0 Å². The molecule has 0 spiro atoms. The minimum absolute atomic E-state index is 0.989. The molecule has 2 rings (SSSR count). The third kappa shape index (κ3) is 4.84. The van der Waals surface area contributed by atoms with Crippen molar-refractivity contribution < 1.29 is 0 Å². The minimum atomic E-state index is 0.989. The number of hydrogen-bond donors (Lipinski definition) is 1. The van der Waals surface area contributed by atoms with Crippen molar-refractivity contribution in [3.63, 3.8) is 0 Å². The second kappa shape index (κ2) is 8.57. The van der Waals surface area contributed by atoms with Crippen molar-refractivity contribution in [1.82, 2.24) is 9.97 Å². The molecule has 2 heteroatoms. The van der Waals surface area contributed by atoms with Gasteiger partial charge in [0.05, 0.1) is 0 Å². The summed E-state index contributed by atoms with van der Waals surface area (Å²) in [4.78, 5) is 7.90. The highest BCUT2D eigenvalue weighted by atomic mass is 14.9. The number of unbranched alkanes of at least 4 members (excludes halogenated alkanes) is 6. The van der Waals surface area contributed by atoms with Gasteiger partial charge < -0.3 is 4.98 Å². The summed E-state index contributed by atoms with van der Waals surface area (Å²) in [6.07, 6.45) is 12.6. The summed E-state index contributed by atoms with van der Waals surface area (Å²) in [6, 6.07) is 10.3. The van der Waals surface area contributed by atoms with E-state index in [1.165, 1.54) is 56.2 Å². The van der Waals surface area contributed by atoms with Gasteiger partial charge in [0.2, 0.25) is 0 Å². The molecule has 1 aromatic heterocycles. The number of nitrogens with zero attached hydrogens (tertiary/aromatic N) is 1. The third-order valence-electron chi connectivity index (χ3n) is 3.73. The van der Waals surface area contributed by atoms with Crippen LogP contribution in [0.15, 0.2) is 36.5 Å². The van der Waals surface area contributed by atoms with Crippen molar-refractivity contribution >= 4 is 0 Å². The Morgan fingerprint density at radius 3 is 2.35 bits per heavy atom. The summed E-state index contributed by atoms with van der Waals surface area (Å²) in [5.74, 6) is 0.989. The van der Waals surface area contributed by atoms with Crippen LogP contribution in [0, 0.1) is 0 Å². The lowest BCUT2D eigenvalue weighted by Gasteiger charge is -2.00. The van der Waals surface area contributed by atoms with Gasteiger partial charge in [0, 0.05) is 17.5 Å². The van der Waals surface area contributed by atoms with Crippen LogP contribution in [0.2, 0.25) is 0 Å². The minimum Gasteiger partial charge on any atom is -0.342 e. The highest BCUT2D eigenvalue weighted by Crippen LogP contribution is 2.16. The van der Waals surface area contributed by atoms with E-state index in [4.69, 9.17) is 0 Å². The molecule has 20 heavy (non-hydrogen) atoms.